The average molecular weight is 762 g/mol. The largest absolute Gasteiger partial charge is 0.467 e. The number of methoxy groups -OCH3 is 1. The minimum atomic E-state index is -4.63. The molecule has 1 saturated carbocycles. The van der Waals surface area contributed by atoms with Gasteiger partial charge in [-0.1, -0.05) is 23.7 Å². The summed E-state index contributed by atoms with van der Waals surface area (Å²) in [5, 5.41) is 11.7. The molecule has 0 radical (unpaired) electrons. The van der Waals surface area contributed by atoms with E-state index in [-0.39, 0.29) is 42.8 Å². The molecule has 0 spiro atoms. The van der Waals surface area contributed by atoms with Crippen molar-refractivity contribution in [1.29, 1.82) is 0 Å². The lowest BCUT2D eigenvalue weighted by molar-refractivity contribution is -0.154. The number of nitrogens with one attached hydrogen (secondary N) is 4. The predicted octanol–water partition coefficient (Wildman–Crippen LogP) is 4.86. The summed E-state index contributed by atoms with van der Waals surface area (Å²) in [5.41, 5.74) is 0.872. The van der Waals surface area contributed by atoms with Gasteiger partial charge in [-0.2, -0.15) is 28.1 Å². The molecule has 18 heteroatoms. The summed E-state index contributed by atoms with van der Waals surface area (Å²) < 4.78 is 53.9. The van der Waals surface area contributed by atoms with E-state index in [4.69, 9.17) is 25.8 Å². The monoisotopic (exact) mass is 761 g/mol. The lowest BCUT2D eigenvalue weighted by atomic mass is 9.95. The molecule has 4 N–H and O–H groups in total. The first-order valence-electron chi connectivity index (χ1n) is 17.0. The smallest absolute Gasteiger partial charge is 0.422 e. The molecule has 2 heterocycles. The Morgan fingerprint density at radius 1 is 1.02 bits per heavy atom. The van der Waals surface area contributed by atoms with Crippen molar-refractivity contribution in [2.24, 2.45) is 5.92 Å². The molecule has 2 fully saturated rings. The molecule has 1 unspecified atom stereocenters. The highest BCUT2D eigenvalue weighted by Crippen LogP contribution is 2.48. The first-order chi connectivity index (χ1) is 25.3. The predicted molar refractivity (Wildman–Crippen MR) is 186 cm³/mol. The number of hydrogen-bond donors (Lipinski definition) is 4. The van der Waals surface area contributed by atoms with Crippen LogP contribution in [0.2, 0.25) is 5.02 Å². The maximum Gasteiger partial charge on any atom is 0.422 e. The number of ketones is 1. The SMILES string of the molecule is COC(=O)[C@H](CCNC(=O)C(=O)CCC1CCCOC1)NC(=O)c1ccc(Nc2nc(NC3(c4ccc(Cl)cc4)CC3)nc(OCC(F)(F)F)n2)cc1. The summed E-state index contributed by atoms with van der Waals surface area (Å²) in [6.07, 6.45) is -0.724. The van der Waals surface area contributed by atoms with E-state index in [0.29, 0.717) is 43.2 Å². The second kappa shape index (κ2) is 17.7. The number of benzene rings is 2. The van der Waals surface area contributed by atoms with Crippen LogP contribution < -0.4 is 26.0 Å². The summed E-state index contributed by atoms with van der Waals surface area (Å²) in [5.74, 6) is -2.62. The maximum atomic E-state index is 13.1. The van der Waals surface area contributed by atoms with Gasteiger partial charge in [-0.15, -0.1) is 0 Å². The molecular weight excluding hydrogens is 723 g/mol. The van der Waals surface area contributed by atoms with Gasteiger partial charge in [0.25, 0.3) is 11.8 Å². The Kier molecular flexibility index (Phi) is 13.1. The Labute approximate surface area is 307 Å². The van der Waals surface area contributed by atoms with Crippen LogP contribution in [0.3, 0.4) is 0 Å². The summed E-state index contributed by atoms with van der Waals surface area (Å²) in [6, 6.07) is 11.3. The highest BCUT2D eigenvalue weighted by molar-refractivity contribution is 6.36. The zero-order valence-electron chi connectivity index (χ0n) is 28.8. The molecule has 2 atom stereocenters. The van der Waals surface area contributed by atoms with E-state index in [1.807, 2.05) is 12.1 Å². The Bertz CT molecular complexity index is 1750. The van der Waals surface area contributed by atoms with Crippen LogP contribution in [0.1, 0.15) is 60.9 Å². The Morgan fingerprint density at radius 2 is 1.74 bits per heavy atom. The van der Waals surface area contributed by atoms with E-state index in [2.05, 4.69) is 36.2 Å². The molecule has 3 aromatic rings. The van der Waals surface area contributed by atoms with E-state index in [1.165, 1.54) is 24.3 Å². The fraction of sp³-hybridized carbons (Fsp3) is 0.457. The van der Waals surface area contributed by atoms with Crippen molar-refractivity contribution >= 4 is 52.8 Å². The van der Waals surface area contributed by atoms with E-state index >= 15 is 0 Å². The lowest BCUT2D eigenvalue weighted by Crippen LogP contribution is -2.44. The van der Waals surface area contributed by atoms with Gasteiger partial charge in [-0.25, -0.2) is 4.79 Å². The first kappa shape index (κ1) is 39.2. The number of halogens is 4. The minimum Gasteiger partial charge on any atom is -0.467 e. The second-order valence-corrected chi connectivity index (χ2v) is 13.2. The Balaban J connectivity index is 1.18. The zero-order valence-corrected chi connectivity index (χ0v) is 29.5. The number of carbonyl (C=O) groups excluding carboxylic acids is 4. The van der Waals surface area contributed by atoms with Crippen molar-refractivity contribution in [2.75, 3.05) is 44.1 Å². The molecule has 2 aliphatic rings. The van der Waals surface area contributed by atoms with Crippen LogP contribution in [0.25, 0.3) is 0 Å². The highest BCUT2D eigenvalue weighted by Gasteiger charge is 2.45. The number of ether oxygens (including phenoxy) is 3. The van der Waals surface area contributed by atoms with Gasteiger partial charge in [-0.3, -0.25) is 14.4 Å². The van der Waals surface area contributed by atoms with Crippen LogP contribution in [0, 0.1) is 5.92 Å². The van der Waals surface area contributed by atoms with Gasteiger partial charge < -0.3 is 35.5 Å². The fourth-order valence-electron chi connectivity index (χ4n) is 5.65. The normalized spacial score (nSPS) is 16.8. The molecule has 0 bridgehead atoms. The van der Waals surface area contributed by atoms with E-state index in [0.717, 1.165) is 25.5 Å². The number of carbonyl (C=O) groups is 4. The summed E-state index contributed by atoms with van der Waals surface area (Å²) in [7, 11) is 1.16. The quantitative estimate of drug-likeness (QED) is 0.108. The standard InChI is InChI=1S/C35H39ClF3N7O7/c1-51-30(50)26(14-17-40-29(49)27(47)13-4-21-3-2-18-52-19-21)42-28(48)22-5-11-25(12-6-22)41-31-43-32(45-33(44-31)53-20-35(37,38)39)46-34(15-16-34)23-7-9-24(36)10-8-23/h5-12,21,26H,2-4,13-20H2,1H3,(H,40,49)(H,42,48)(H2,41,43,44,45,46)/t21?,26-/m0/s1. The van der Waals surface area contributed by atoms with E-state index in [1.54, 1.807) is 12.1 Å². The van der Waals surface area contributed by atoms with Crippen LogP contribution in [0.15, 0.2) is 48.5 Å². The number of aromatic nitrogens is 3. The number of Topliss-reactive ketones (excluding diaryl/α,β-unsaturated/α-hetero) is 1. The first-order valence-corrected chi connectivity index (χ1v) is 17.3. The third kappa shape index (κ3) is 11.7. The van der Waals surface area contributed by atoms with Crippen molar-refractivity contribution < 1.29 is 46.6 Å². The van der Waals surface area contributed by atoms with Crippen LogP contribution in [-0.4, -0.2) is 84.2 Å². The van der Waals surface area contributed by atoms with Crippen LogP contribution in [-0.2, 0) is 29.4 Å². The topological polar surface area (TPSA) is 183 Å². The van der Waals surface area contributed by atoms with Crippen molar-refractivity contribution in [1.82, 2.24) is 25.6 Å². The van der Waals surface area contributed by atoms with E-state index < -0.39 is 53.9 Å². The molecule has 14 nitrogen and oxygen atoms in total. The van der Waals surface area contributed by atoms with Crippen LogP contribution in [0.5, 0.6) is 6.01 Å². The van der Waals surface area contributed by atoms with Gasteiger partial charge >= 0.3 is 18.2 Å². The van der Waals surface area contributed by atoms with Crippen LogP contribution >= 0.6 is 11.6 Å². The summed E-state index contributed by atoms with van der Waals surface area (Å²) in [4.78, 5) is 62.4. The molecule has 53 heavy (non-hydrogen) atoms. The Hall–Kier alpha value is -5.03. The number of alkyl halides is 3. The number of esters is 1. The summed E-state index contributed by atoms with van der Waals surface area (Å²) in [6.45, 7) is -0.409. The average Bonchev–Trinajstić information content (AvgIpc) is 3.92. The number of nitrogens with zero attached hydrogens (tertiary/aromatic N) is 3. The van der Waals surface area contributed by atoms with Gasteiger partial charge in [0, 0.05) is 42.5 Å². The lowest BCUT2D eigenvalue weighted by Gasteiger charge is -2.21. The van der Waals surface area contributed by atoms with E-state index in [9.17, 15) is 32.3 Å². The summed E-state index contributed by atoms with van der Waals surface area (Å²) >= 11 is 6.03. The third-order valence-electron chi connectivity index (χ3n) is 8.68. The molecule has 1 aliphatic carbocycles. The van der Waals surface area contributed by atoms with Gasteiger partial charge in [0.15, 0.2) is 6.61 Å². The fourth-order valence-corrected chi connectivity index (χ4v) is 5.78. The van der Waals surface area contributed by atoms with Gasteiger partial charge in [0.05, 0.1) is 12.6 Å². The second-order valence-electron chi connectivity index (χ2n) is 12.7. The number of anilines is 3. The third-order valence-corrected chi connectivity index (χ3v) is 8.93. The minimum absolute atomic E-state index is 0.0212. The van der Waals surface area contributed by atoms with Crippen molar-refractivity contribution in [3.8, 4) is 6.01 Å². The number of hydrogen-bond acceptors (Lipinski definition) is 12. The zero-order chi connectivity index (χ0) is 38.0. The Morgan fingerprint density at radius 3 is 2.38 bits per heavy atom. The molecule has 2 amide bonds. The van der Waals surface area contributed by atoms with Crippen molar-refractivity contribution in [2.45, 2.75) is 62.7 Å². The van der Waals surface area contributed by atoms with Crippen LogP contribution in [0.4, 0.5) is 30.8 Å². The van der Waals surface area contributed by atoms with Gasteiger partial charge in [-0.05, 0) is 86.4 Å². The molecule has 2 aromatic carbocycles. The number of amides is 2. The number of rotatable bonds is 17. The molecule has 1 aliphatic heterocycles. The van der Waals surface area contributed by atoms with Crippen molar-refractivity contribution in [3.05, 3.63) is 64.7 Å². The maximum absolute atomic E-state index is 13.1. The molecular formula is C35H39ClF3N7O7. The van der Waals surface area contributed by atoms with Crippen molar-refractivity contribution in [3.63, 3.8) is 0 Å². The molecule has 284 valence electrons. The highest BCUT2D eigenvalue weighted by atomic mass is 35.5. The molecule has 1 aromatic heterocycles. The van der Waals surface area contributed by atoms with Gasteiger partial charge in [0.1, 0.15) is 6.04 Å². The molecule has 5 rings (SSSR count). The van der Waals surface area contributed by atoms with Gasteiger partial charge in [0.2, 0.25) is 17.7 Å². The molecule has 1 saturated heterocycles.